The van der Waals surface area contributed by atoms with Crippen molar-refractivity contribution in [3.63, 3.8) is 0 Å². The largest absolute Gasteiger partial charge is 0.507 e. The van der Waals surface area contributed by atoms with Crippen LogP contribution in [0.3, 0.4) is 0 Å². The van der Waals surface area contributed by atoms with Crippen molar-refractivity contribution in [2.24, 2.45) is 0 Å². The van der Waals surface area contributed by atoms with Gasteiger partial charge in [0.15, 0.2) is 16.6 Å². The summed E-state index contributed by atoms with van der Waals surface area (Å²) >= 11 is 0.912. The summed E-state index contributed by atoms with van der Waals surface area (Å²) in [5.74, 6) is -1.41. The molecular weight excluding hydrogens is 584 g/mol. The Morgan fingerprint density at radius 3 is 2.41 bits per heavy atom. The lowest BCUT2D eigenvalue weighted by atomic mass is 9.95. The maximum atomic E-state index is 13.7. The normalized spacial score (nSPS) is 15.6. The zero-order chi connectivity index (χ0) is 31.8. The average molecular weight is 619 g/mol. The number of aliphatic hydroxyl groups excluding tert-OH is 1. The summed E-state index contributed by atoms with van der Waals surface area (Å²) in [6, 6.07) is 10.5. The molecule has 10 nitrogen and oxygen atoms in total. The molecule has 1 atom stereocenters. The highest BCUT2D eigenvalue weighted by molar-refractivity contribution is 7.17. The fourth-order valence-electron chi connectivity index (χ4n) is 4.54. The molecule has 2 heterocycles. The number of anilines is 1. The summed E-state index contributed by atoms with van der Waals surface area (Å²) in [5, 5.41) is 11.6. The van der Waals surface area contributed by atoms with Crippen LogP contribution in [0, 0.1) is 6.92 Å². The van der Waals surface area contributed by atoms with E-state index in [9.17, 15) is 19.5 Å². The van der Waals surface area contributed by atoms with E-state index in [1.165, 1.54) is 11.0 Å². The van der Waals surface area contributed by atoms with Crippen LogP contribution in [-0.2, 0) is 14.3 Å². The number of esters is 1. The predicted octanol–water partition coefficient (Wildman–Crippen LogP) is 6.17. The molecule has 1 aromatic heterocycles. The first-order chi connectivity index (χ1) is 21.2. The van der Waals surface area contributed by atoms with Crippen molar-refractivity contribution >= 4 is 39.9 Å². The fraction of sp³-hybridized carbons (Fsp3) is 0.273. The first-order valence-electron chi connectivity index (χ1n) is 14.1. The Morgan fingerprint density at radius 2 is 1.75 bits per heavy atom. The monoisotopic (exact) mass is 618 g/mol. The van der Waals surface area contributed by atoms with Crippen LogP contribution in [0.1, 0.15) is 52.8 Å². The molecule has 230 valence electrons. The van der Waals surface area contributed by atoms with E-state index >= 15 is 0 Å². The highest BCUT2D eigenvalue weighted by atomic mass is 32.1. The van der Waals surface area contributed by atoms with Crippen LogP contribution in [0.4, 0.5) is 5.13 Å². The molecule has 44 heavy (non-hydrogen) atoms. The van der Waals surface area contributed by atoms with Gasteiger partial charge < -0.3 is 24.1 Å². The van der Waals surface area contributed by atoms with E-state index in [1.807, 2.05) is 13.8 Å². The first-order valence-corrected chi connectivity index (χ1v) is 14.9. The molecule has 0 bridgehead atoms. The highest BCUT2D eigenvalue weighted by Gasteiger charge is 2.48. The van der Waals surface area contributed by atoms with Gasteiger partial charge in [0.25, 0.3) is 5.78 Å². The maximum absolute atomic E-state index is 13.7. The minimum absolute atomic E-state index is 0.00122. The van der Waals surface area contributed by atoms with E-state index in [0.717, 1.165) is 17.8 Å². The second-order valence-corrected chi connectivity index (χ2v) is 10.6. The number of ketones is 1. The number of rotatable bonds is 14. The lowest BCUT2D eigenvalue weighted by Gasteiger charge is -2.24. The number of ether oxygens (including phenoxy) is 4. The molecule has 1 fully saturated rings. The number of aryl methyl sites for hydroxylation is 1. The van der Waals surface area contributed by atoms with Gasteiger partial charge in [-0.25, -0.2) is 9.78 Å². The predicted molar refractivity (Wildman–Crippen MR) is 168 cm³/mol. The molecule has 1 saturated heterocycles. The van der Waals surface area contributed by atoms with Gasteiger partial charge >= 0.3 is 11.9 Å². The Labute approximate surface area is 259 Å². The van der Waals surface area contributed by atoms with Crippen LogP contribution in [0.25, 0.3) is 5.76 Å². The van der Waals surface area contributed by atoms with Crippen molar-refractivity contribution < 1.29 is 38.4 Å². The highest BCUT2D eigenvalue weighted by Crippen LogP contribution is 2.45. The van der Waals surface area contributed by atoms with E-state index in [0.29, 0.717) is 47.3 Å². The molecule has 1 aliphatic rings. The molecule has 1 aliphatic heterocycles. The van der Waals surface area contributed by atoms with Gasteiger partial charge in [0.05, 0.1) is 30.5 Å². The third-order valence-corrected chi connectivity index (χ3v) is 7.63. The molecule has 4 rings (SSSR count). The first kappa shape index (κ1) is 32.0. The van der Waals surface area contributed by atoms with E-state index in [1.54, 1.807) is 55.5 Å². The smallest absolute Gasteiger partial charge is 0.350 e. The Kier molecular flexibility index (Phi) is 10.6. The maximum Gasteiger partial charge on any atom is 0.350 e. The summed E-state index contributed by atoms with van der Waals surface area (Å²) in [6.07, 6.45) is 3.87. The Morgan fingerprint density at radius 1 is 1.02 bits per heavy atom. The van der Waals surface area contributed by atoms with Crippen molar-refractivity contribution in [2.45, 2.75) is 33.2 Å². The van der Waals surface area contributed by atoms with Gasteiger partial charge in [-0.2, -0.15) is 0 Å². The van der Waals surface area contributed by atoms with Crippen LogP contribution in [-0.4, -0.2) is 54.2 Å². The van der Waals surface area contributed by atoms with Crippen molar-refractivity contribution in [1.29, 1.82) is 0 Å². The molecule has 0 spiro atoms. The van der Waals surface area contributed by atoms with Crippen molar-refractivity contribution in [1.82, 2.24) is 4.98 Å². The van der Waals surface area contributed by atoms with Gasteiger partial charge in [0, 0.05) is 5.56 Å². The molecule has 1 amide bonds. The number of carbonyl (C=O) groups is 3. The van der Waals surface area contributed by atoms with Crippen LogP contribution >= 0.6 is 11.3 Å². The third-order valence-electron chi connectivity index (χ3n) is 6.49. The second-order valence-electron chi connectivity index (χ2n) is 9.58. The van der Waals surface area contributed by atoms with Crippen LogP contribution in [0.15, 0.2) is 73.3 Å². The quantitative estimate of drug-likeness (QED) is 0.0742. The molecule has 0 radical (unpaired) electrons. The standard InChI is InChI=1S/C33H34N2O8S/c1-6-16-41-23-13-10-21(11-14-23)28(36)26-27(22-12-15-24(42-17-7-2)25(19-22)40-9-4)35(31(38)29(26)37)33-34-20(5)30(44-33)32(39)43-18-8-3/h7-8,10-15,19,27,36H,2-3,6,9,16-18H2,1,4-5H3/b28-26+. The Hall–Kier alpha value is -4.90. The number of hydrogen-bond acceptors (Lipinski definition) is 10. The molecule has 3 aromatic rings. The van der Waals surface area contributed by atoms with Crippen LogP contribution in [0.2, 0.25) is 0 Å². The number of hydrogen-bond donors (Lipinski definition) is 1. The molecule has 1 unspecified atom stereocenters. The summed E-state index contributed by atoms with van der Waals surface area (Å²) in [7, 11) is 0. The minimum atomic E-state index is -1.11. The van der Waals surface area contributed by atoms with Crippen molar-refractivity contribution in [2.75, 3.05) is 31.3 Å². The molecule has 2 aromatic carbocycles. The zero-order valence-electron chi connectivity index (χ0n) is 24.8. The summed E-state index contributed by atoms with van der Waals surface area (Å²) in [4.78, 5) is 45.8. The van der Waals surface area contributed by atoms with E-state index in [-0.39, 0.29) is 34.6 Å². The van der Waals surface area contributed by atoms with Gasteiger partial charge in [0.2, 0.25) is 0 Å². The van der Waals surface area contributed by atoms with Gasteiger partial charge in [-0.3, -0.25) is 14.5 Å². The lowest BCUT2D eigenvalue weighted by Crippen LogP contribution is -2.29. The van der Waals surface area contributed by atoms with Crippen LogP contribution in [0.5, 0.6) is 17.2 Å². The van der Waals surface area contributed by atoms with E-state index in [4.69, 9.17) is 18.9 Å². The number of benzene rings is 2. The molecule has 1 N–H and O–H groups in total. The number of carbonyl (C=O) groups excluding carboxylic acids is 3. The number of aliphatic hydroxyl groups is 1. The lowest BCUT2D eigenvalue weighted by molar-refractivity contribution is -0.132. The molecule has 0 aliphatic carbocycles. The second kappa shape index (κ2) is 14.5. The minimum Gasteiger partial charge on any atom is -0.507 e. The summed E-state index contributed by atoms with van der Waals surface area (Å²) in [5.41, 5.74) is 0.942. The van der Waals surface area contributed by atoms with Crippen LogP contribution < -0.4 is 19.1 Å². The number of thiazole rings is 1. The fourth-order valence-corrected chi connectivity index (χ4v) is 5.52. The average Bonchev–Trinajstić information content (AvgIpc) is 3.54. The van der Waals surface area contributed by atoms with Gasteiger partial charge in [0.1, 0.15) is 29.6 Å². The Balaban J connectivity index is 1.88. The molecule has 11 heteroatoms. The topological polar surface area (TPSA) is 124 Å². The molecule has 0 saturated carbocycles. The van der Waals surface area contributed by atoms with Crippen molar-refractivity contribution in [3.05, 3.63) is 95.0 Å². The number of aromatic nitrogens is 1. The summed E-state index contributed by atoms with van der Waals surface area (Å²) < 4.78 is 22.4. The number of Topliss-reactive ketones (excluding diaryl/α,β-unsaturated/α-hetero) is 1. The van der Waals surface area contributed by atoms with Gasteiger partial charge in [-0.1, -0.05) is 49.6 Å². The molecular formula is C33H34N2O8S. The van der Waals surface area contributed by atoms with E-state index in [2.05, 4.69) is 18.1 Å². The van der Waals surface area contributed by atoms with Crippen molar-refractivity contribution in [3.8, 4) is 17.2 Å². The number of nitrogens with zero attached hydrogens (tertiary/aromatic N) is 2. The number of amides is 1. The Bertz CT molecular complexity index is 1590. The van der Waals surface area contributed by atoms with Gasteiger partial charge in [-0.05, 0) is 62.2 Å². The third kappa shape index (κ3) is 6.68. The van der Waals surface area contributed by atoms with E-state index < -0.39 is 23.7 Å². The summed E-state index contributed by atoms with van der Waals surface area (Å²) in [6.45, 7) is 13.7. The zero-order valence-corrected chi connectivity index (χ0v) is 25.6. The SMILES string of the molecule is C=CCOC(=O)c1sc(N2C(=O)C(=O)/C(=C(/O)c3ccc(OCCC)cc3)C2c2ccc(OCC=C)c(OCC)c2)nc1C. The van der Waals surface area contributed by atoms with Gasteiger partial charge in [-0.15, -0.1) is 0 Å².